The molecule has 2 aliphatic rings. The molecule has 126 valence electrons. The summed E-state index contributed by atoms with van der Waals surface area (Å²) in [6, 6.07) is 8.14. The van der Waals surface area contributed by atoms with Gasteiger partial charge in [0.1, 0.15) is 4.83 Å². The fourth-order valence-corrected chi connectivity index (χ4v) is 5.31. The van der Waals surface area contributed by atoms with Crippen LogP contribution in [-0.2, 0) is 19.3 Å². The van der Waals surface area contributed by atoms with Gasteiger partial charge in [0.25, 0.3) is 11.5 Å². The van der Waals surface area contributed by atoms with Gasteiger partial charge in [0.2, 0.25) is 5.82 Å². The summed E-state index contributed by atoms with van der Waals surface area (Å²) < 4.78 is 0. The number of aromatic nitrogens is 2. The van der Waals surface area contributed by atoms with Gasteiger partial charge in [-0.1, -0.05) is 24.3 Å². The quantitative estimate of drug-likeness (QED) is 0.745. The Morgan fingerprint density at radius 2 is 2.12 bits per heavy atom. The zero-order chi connectivity index (χ0) is 17.0. The van der Waals surface area contributed by atoms with Crippen LogP contribution in [0.3, 0.4) is 0 Å². The number of fused-ring (bicyclic) bond motifs is 4. The topological polar surface area (TPSA) is 74.8 Å². The van der Waals surface area contributed by atoms with Crippen LogP contribution in [-0.4, -0.2) is 15.9 Å². The van der Waals surface area contributed by atoms with Crippen LogP contribution in [0.5, 0.6) is 0 Å². The van der Waals surface area contributed by atoms with E-state index < -0.39 is 0 Å². The van der Waals surface area contributed by atoms with Gasteiger partial charge in [0, 0.05) is 4.88 Å². The summed E-state index contributed by atoms with van der Waals surface area (Å²) in [7, 11) is 0. The molecule has 1 amide bonds. The molecule has 0 bridgehead atoms. The first kappa shape index (κ1) is 14.8. The lowest BCUT2D eigenvalue weighted by Crippen LogP contribution is -2.30. The van der Waals surface area contributed by atoms with Crippen LogP contribution in [0.15, 0.2) is 29.1 Å². The number of nitrogens with zero attached hydrogens (tertiary/aromatic N) is 1. The standard InChI is InChI=1S/C19H17N3O2S/c23-17-15-12-6-3-7-14(12)25-19(15)22-16(21-17)18(24)20-13-9-8-10-4-1-2-5-11(10)13/h1-2,4-5,13H,3,6-9H2,(H,20,24)(H,21,22,23)/t13-/m1/s1. The van der Waals surface area contributed by atoms with Crippen LogP contribution in [0.25, 0.3) is 10.2 Å². The largest absolute Gasteiger partial charge is 0.343 e. The molecule has 1 aromatic carbocycles. The second kappa shape index (κ2) is 5.52. The highest BCUT2D eigenvalue weighted by Gasteiger charge is 2.26. The van der Waals surface area contributed by atoms with Crippen LogP contribution in [0.4, 0.5) is 0 Å². The number of nitrogens with one attached hydrogen (secondary N) is 2. The Balaban J connectivity index is 1.48. The number of aromatic amines is 1. The van der Waals surface area contributed by atoms with Gasteiger partial charge in [-0.3, -0.25) is 9.59 Å². The number of hydrogen-bond acceptors (Lipinski definition) is 4. The molecule has 0 unspecified atom stereocenters. The van der Waals surface area contributed by atoms with Crippen LogP contribution in [0, 0.1) is 0 Å². The van der Waals surface area contributed by atoms with Gasteiger partial charge >= 0.3 is 0 Å². The number of benzene rings is 1. The van der Waals surface area contributed by atoms with E-state index in [0.29, 0.717) is 10.2 Å². The van der Waals surface area contributed by atoms with Gasteiger partial charge in [-0.05, 0) is 48.8 Å². The number of hydrogen-bond donors (Lipinski definition) is 2. The summed E-state index contributed by atoms with van der Waals surface area (Å²) in [5.74, 6) is -0.198. The molecule has 2 N–H and O–H groups in total. The van der Waals surface area contributed by atoms with Gasteiger partial charge in [-0.15, -0.1) is 11.3 Å². The number of carbonyl (C=O) groups excluding carboxylic acids is 1. The monoisotopic (exact) mass is 351 g/mol. The normalized spacial score (nSPS) is 18.3. The van der Waals surface area contributed by atoms with Crippen molar-refractivity contribution in [2.24, 2.45) is 0 Å². The van der Waals surface area contributed by atoms with Gasteiger partial charge in [-0.2, -0.15) is 0 Å². The van der Waals surface area contributed by atoms with Crippen molar-refractivity contribution in [3.63, 3.8) is 0 Å². The molecule has 25 heavy (non-hydrogen) atoms. The number of rotatable bonds is 2. The first-order valence-electron chi connectivity index (χ1n) is 8.64. The average Bonchev–Trinajstić information content (AvgIpc) is 3.29. The molecule has 2 heterocycles. The molecule has 2 aromatic heterocycles. The highest BCUT2D eigenvalue weighted by Crippen LogP contribution is 2.34. The maximum atomic E-state index is 12.6. The molecule has 0 radical (unpaired) electrons. The van der Waals surface area contributed by atoms with E-state index in [4.69, 9.17) is 0 Å². The zero-order valence-electron chi connectivity index (χ0n) is 13.6. The van der Waals surface area contributed by atoms with E-state index >= 15 is 0 Å². The van der Waals surface area contributed by atoms with E-state index in [1.165, 1.54) is 10.4 Å². The van der Waals surface area contributed by atoms with Crippen LogP contribution in [0.2, 0.25) is 0 Å². The van der Waals surface area contributed by atoms with Crippen molar-refractivity contribution in [1.82, 2.24) is 15.3 Å². The summed E-state index contributed by atoms with van der Waals surface area (Å²) in [6.07, 6.45) is 4.88. The molecule has 3 aromatic rings. The second-order valence-electron chi connectivity index (χ2n) is 6.72. The summed E-state index contributed by atoms with van der Waals surface area (Å²) in [6.45, 7) is 0. The van der Waals surface area contributed by atoms with Crippen molar-refractivity contribution < 1.29 is 4.79 Å². The van der Waals surface area contributed by atoms with Gasteiger partial charge in [-0.25, -0.2) is 4.98 Å². The summed E-state index contributed by atoms with van der Waals surface area (Å²) in [5.41, 5.74) is 3.38. The molecule has 0 fully saturated rings. The fourth-order valence-electron chi connectivity index (χ4n) is 4.04. The summed E-state index contributed by atoms with van der Waals surface area (Å²) >= 11 is 1.55. The van der Waals surface area contributed by atoms with Crippen LogP contribution < -0.4 is 10.9 Å². The Morgan fingerprint density at radius 1 is 1.24 bits per heavy atom. The van der Waals surface area contributed by atoms with Crippen molar-refractivity contribution in [2.45, 2.75) is 38.1 Å². The lowest BCUT2D eigenvalue weighted by molar-refractivity contribution is 0.0926. The maximum Gasteiger partial charge on any atom is 0.287 e. The molecule has 0 saturated heterocycles. The summed E-state index contributed by atoms with van der Waals surface area (Å²) in [5, 5.41) is 3.71. The van der Waals surface area contributed by atoms with E-state index in [1.54, 1.807) is 11.3 Å². The number of H-pyrrole nitrogens is 1. The van der Waals surface area contributed by atoms with Gasteiger partial charge in [0.05, 0.1) is 11.4 Å². The lowest BCUT2D eigenvalue weighted by Gasteiger charge is -2.13. The minimum absolute atomic E-state index is 0.0157. The average molecular weight is 351 g/mol. The Labute approximate surface area is 148 Å². The van der Waals surface area contributed by atoms with Crippen LogP contribution >= 0.6 is 11.3 Å². The third-order valence-corrected chi connectivity index (χ3v) is 6.41. The highest BCUT2D eigenvalue weighted by atomic mass is 32.1. The first-order chi connectivity index (χ1) is 12.2. The van der Waals surface area contributed by atoms with Crippen molar-refractivity contribution in [2.75, 3.05) is 0 Å². The predicted molar refractivity (Wildman–Crippen MR) is 97.2 cm³/mol. The van der Waals surface area contributed by atoms with Crippen molar-refractivity contribution in [1.29, 1.82) is 0 Å². The van der Waals surface area contributed by atoms with Crippen molar-refractivity contribution >= 4 is 27.5 Å². The molecule has 5 nitrogen and oxygen atoms in total. The van der Waals surface area contributed by atoms with Crippen molar-refractivity contribution in [3.8, 4) is 0 Å². The molecule has 0 spiro atoms. The van der Waals surface area contributed by atoms with Gasteiger partial charge in [0.15, 0.2) is 0 Å². The minimum Gasteiger partial charge on any atom is -0.343 e. The molecular formula is C19H17N3O2S. The van der Waals surface area contributed by atoms with E-state index in [-0.39, 0.29) is 23.3 Å². The number of carbonyl (C=O) groups is 1. The first-order valence-corrected chi connectivity index (χ1v) is 9.45. The van der Waals surface area contributed by atoms with Gasteiger partial charge < -0.3 is 10.3 Å². The Kier molecular flexibility index (Phi) is 3.28. The molecule has 1 atom stereocenters. The molecule has 2 aliphatic carbocycles. The molecule has 0 saturated carbocycles. The maximum absolute atomic E-state index is 12.6. The third-order valence-electron chi connectivity index (χ3n) is 5.23. The minimum atomic E-state index is -0.311. The summed E-state index contributed by atoms with van der Waals surface area (Å²) in [4.78, 5) is 34.2. The molecule has 6 heteroatoms. The van der Waals surface area contributed by atoms with E-state index in [1.807, 2.05) is 12.1 Å². The Bertz CT molecular complexity index is 1070. The Hall–Kier alpha value is -2.47. The van der Waals surface area contributed by atoms with E-state index in [2.05, 4.69) is 27.4 Å². The van der Waals surface area contributed by atoms with Crippen molar-refractivity contribution in [3.05, 3.63) is 62.0 Å². The molecule has 5 rings (SSSR count). The number of amides is 1. The predicted octanol–water partition coefficient (Wildman–Crippen LogP) is 2.89. The number of thiophene rings is 1. The lowest BCUT2D eigenvalue weighted by atomic mass is 10.1. The zero-order valence-corrected chi connectivity index (χ0v) is 14.4. The molecule has 0 aliphatic heterocycles. The smallest absolute Gasteiger partial charge is 0.287 e. The van der Waals surface area contributed by atoms with E-state index in [9.17, 15) is 9.59 Å². The van der Waals surface area contributed by atoms with Crippen LogP contribution in [0.1, 0.15) is 51.1 Å². The van der Waals surface area contributed by atoms with E-state index in [0.717, 1.165) is 43.2 Å². The fraction of sp³-hybridized carbons (Fsp3) is 0.316. The Morgan fingerprint density at radius 3 is 3.04 bits per heavy atom. The third kappa shape index (κ3) is 2.32. The molecular weight excluding hydrogens is 334 g/mol. The number of aryl methyl sites for hydroxylation is 3. The SMILES string of the molecule is O=C(N[C@@H]1CCc2ccccc21)c1nc2sc3c(c2c(=O)[nH]1)CCC3. The second-order valence-corrected chi connectivity index (χ2v) is 7.80. The highest BCUT2D eigenvalue weighted by molar-refractivity contribution is 7.18.